The number of nitrogens with one attached hydrogen (secondary N) is 2. The molecule has 1 unspecified atom stereocenters. The Bertz CT molecular complexity index is 484. The van der Waals surface area contributed by atoms with Gasteiger partial charge >= 0.3 is 0 Å². The van der Waals surface area contributed by atoms with Gasteiger partial charge in [-0.1, -0.05) is 18.2 Å². The number of hydrogen-bond acceptors (Lipinski definition) is 4. The molecule has 1 fully saturated rings. The van der Waals surface area contributed by atoms with Gasteiger partial charge in [0.15, 0.2) is 0 Å². The van der Waals surface area contributed by atoms with Crippen molar-refractivity contribution in [3.63, 3.8) is 0 Å². The minimum Gasteiger partial charge on any atom is -0.494 e. The van der Waals surface area contributed by atoms with E-state index in [2.05, 4.69) is 10.0 Å². The predicted molar refractivity (Wildman–Crippen MR) is 79.4 cm³/mol. The van der Waals surface area contributed by atoms with Crippen molar-refractivity contribution in [3.8, 4) is 5.75 Å². The summed E-state index contributed by atoms with van der Waals surface area (Å²) < 4.78 is 32.2. The van der Waals surface area contributed by atoms with Crippen LogP contribution in [0, 0.1) is 0 Å². The van der Waals surface area contributed by atoms with E-state index < -0.39 is 10.0 Å². The Morgan fingerprint density at radius 1 is 1.30 bits per heavy atom. The van der Waals surface area contributed by atoms with E-state index in [-0.39, 0.29) is 5.25 Å². The van der Waals surface area contributed by atoms with Gasteiger partial charge in [0.1, 0.15) is 5.75 Å². The second-order valence-electron chi connectivity index (χ2n) is 4.92. The summed E-state index contributed by atoms with van der Waals surface area (Å²) in [6.45, 7) is 2.40. The van der Waals surface area contributed by atoms with Crippen molar-refractivity contribution in [1.29, 1.82) is 0 Å². The van der Waals surface area contributed by atoms with Gasteiger partial charge in [0.25, 0.3) is 0 Å². The highest BCUT2D eigenvalue weighted by molar-refractivity contribution is 7.90. The van der Waals surface area contributed by atoms with Crippen LogP contribution in [0.2, 0.25) is 0 Å². The zero-order chi connectivity index (χ0) is 14.3. The van der Waals surface area contributed by atoms with Gasteiger partial charge < -0.3 is 10.1 Å². The van der Waals surface area contributed by atoms with Gasteiger partial charge in [-0.3, -0.25) is 0 Å². The van der Waals surface area contributed by atoms with E-state index in [1.807, 2.05) is 30.3 Å². The van der Waals surface area contributed by atoms with Crippen molar-refractivity contribution in [2.45, 2.75) is 24.5 Å². The summed E-state index contributed by atoms with van der Waals surface area (Å²) >= 11 is 0. The number of sulfonamides is 1. The molecule has 1 saturated heterocycles. The quantitative estimate of drug-likeness (QED) is 0.741. The minimum atomic E-state index is -3.20. The Labute approximate surface area is 120 Å². The predicted octanol–water partition coefficient (Wildman–Crippen LogP) is 1.13. The number of ether oxygens (including phenoxy) is 1. The molecule has 1 aromatic rings. The van der Waals surface area contributed by atoms with Gasteiger partial charge in [-0.25, -0.2) is 13.1 Å². The maximum Gasteiger partial charge on any atom is 0.215 e. The lowest BCUT2D eigenvalue weighted by Crippen LogP contribution is -2.44. The molecule has 0 bridgehead atoms. The first-order valence-corrected chi connectivity index (χ1v) is 8.60. The summed E-state index contributed by atoms with van der Waals surface area (Å²) in [5.41, 5.74) is 0. The van der Waals surface area contributed by atoms with Crippen molar-refractivity contribution >= 4 is 10.0 Å². The van der Waals surface area contributed by atoms with Gasteiger partial charge in [0, 0.05) is 13.1 Å². The van der Waals surface area contributed by atoms with Crippen LogP contribution in [-0.2, 0) is 10.0 Å². The number of hydrogen-bond donors (Lipinski definition) is 2. The molecule has 1 heterocycles. The van der Waals surface area contributed by atoms with Crippen molar-refractivity contribution in [2.24, 2.45) is 0 Å². The molecule has 1 aliphatic rings. The zero-order valence-electron chi connectivity index (χ0n) is 11.5. The average molecular weight is 298 g/mol. The second kappa shape index (κ2) is 7.61. The van der Waals surface area contributed by atoms with Crippen molar-refractivity contribution in [2.75, 3.05) is 26.2 Å². The first-order valence-electron chi connectivity index (χ1n) is 7.05. The molecular formula is C14H22N2O3S. The standard InChI is InChI=1S/C14H22N2O3S/c17-20(18,14-8-4-9-15-12-14)16-10-5-11-19-13-6-2-1-3-7-13/h1-3,6-7,14-16H,4-5,8-12H2. The van der Waals surface area contributed by atoms with Gasteiger partial charge in [0.05, 0.1) is 11.9 Å². The molecule has 0 aliphatic carbocycles. The van der Waals surface area contributed by atoms with E-state index in [4.69, 9.17) is 4.74 Å². The highest BCUT2D eigenvalue weighted by Crippen LogP contribution is 2.11. The summed E-state index contributed by atoms with van der Waals surface area (Å²) in [5, 5.41) is 2.82. The molecule has 0 aromatic heterocycles. The Morgan fingerprint density at radius 3 is 2.80 bits per heavy atom. The Balaban J connectivity index is 1.65. The van der Waals surface area contributed by atoms with Crippen LogP contribution < -0.4 is 14.8 Å². The van der Waals surface area contributed by atoms with Crippen LogP contribution in [0.1, 0.15) is 19.3 Å². The van der Waals surface area contributed by atoms with Crippen LogP contribution in [0.4, 0.5) is 0 Å². The molecular weight excluding hydrogens is 276 g/mol. The van der Waals surface area contributed by atoms with E-state index >= 15 is 0 Å². The Morgan fingerprint density at radius 2 is 2.10 bits per heavy atom. The van der Waals surface area contributed by atoms with E-state index in [9.17, 15) is 8.42 Å². The first-order chi connectivity index (χ1) is 9.68. The van der Waals surface area contributed by atoms with Gasteiger partial charge in [0.2, 0.25) is 10.0 Å². The molecule has 20 heavy (non-hydrogen) atoms. The number of piperidine rings is 1. The molecule has 1 aromatic carbocycles. The van der Waals surface area contributed by atoms with Crippen molar-refractivity contribution in [1.82, 2.24) is 10.0 Å². The lowest BCUT2D eigenvalue weighted by molar-refractivity contribution is 0.311. The normalized spacial score (nSPS) is 19.7. The fourth-order valence-corrected chi connectivity index (χ4v) is 3.67. The third kappa shape index (κ3) is 4.77. The number of para-hydroxylation sites is 1. The SMILES string of the molecule is O=S(=O)(NCCCOc1ccccc1)C1CCCNC1. The highest BCUT2D eigenvalue weighted by Gasteiger charge is 2.26. The molecule has 5 nitrogen and oxygen atoms in total. The van der Waals surface area contributed by atoms with Crippen LogP contribution in [0.25, 0.3) is 0 Å². The largest absolute Gasteiger partial charge is 0.494 e. The third-order valence-electron chi connectivity index (χ3n) is 3.33. The van der Waals surface area contributed by atoms with Gasteiger partial charge in [-0.2, -0.15) is 0 Å². The third-order valence-corrected chi connectivity index (χ3v) is 5.21. The molecule has 1 atom stereocenters. The molecule has 112 valence electrons. The highest BCUT2D eigenvalue weighted by atomic mass is 32.2. The maximum absolute atomic E-state index is 12.0. The lowest BCUT2D eigenvalue weighted by Gasteiger charge is -2.23. The fraction of sp³-hybridized carbons (Fsp3) is 0.571. The van der Waals surface area contributed by atoms with Crippen LogP contribution in [0.5, 0.6) is 5.75 Å². The Hall–Kier alpha value is -1.11. The first kappa shape index (κ1) is 15.3. The topological polar surface area (TPSA) is 67.4 Å². The summed E-state index contributed by atoms with van der Waals surface area (Å²) in [7, 11) is -3.20. The van der Waals surface area contributed by atoms with Crippen LogP contribution in [-0.4, -0.2) is 39.9 Å². The van der Waals surface area contributed by atoms with E-state index in [0.29, 0.717) is 26.1 Å². The minimum absolute atomic E-state index is 0.300. The summed E-state index contributed by atoms with van der Waals surface area (Å²) in [5.74, 6) is 0.812. The molecule has 2 N–H and O–H groups in total. The monoisotopic (exact) mass is 298 g/mol. The van der Waals surface area contributed by atoms with Crippen LogP contribution in [0.15, 0.2) is 30.3 Å². The van der Waals surface area contributed by atoms with E-state index in [1.165, 1.54) is 0 Å². The average Bonchev–Trinajstić information content (AvgIpc) is 2.49. The Kier molecular flexibility index (Phi) is 5.82. The van der Waals surface area contributed by atoms with Gasteiger partial charge in [-0.05, 0) is 37.9 Å². The molecule has 6 heteroatoms. The summed E-state index contributed by atoms with van der Waals surface area (Å²) in [4.78, 5) is 0. The fourth-order valence-electron chi connectivity index (χ4n) is 2.20. The molecule has 0 saturated carbocycles. The molecule has 0 radical (unpaired) electrons. The molecule has 2 rings (SSSR count). The maximum atomic E-state index is 12.0. The lowest BCUT2D eigenvalue weighted by atomic mass is 10.2. The van der Waals surface area contributed by atoms with Crippen LogP contribution >= 0.6 is 0 Å². The van der Waals surface area contributed by atoms with Crippen LogP contribution in [0.3, 0.4) is 0 Å². The molecule has 1 aliphatic heterocycles. The summed E-state index contributed by atoms with van der Waals surface area (Å²) in [6.07, 6.45) is 2.32. The van der Waals surface area contributed by atoms with Crippen molar-refractivity contribution < 1.29 is 13.2 Å². The van der Waals surface area contributed by atoms with E-state index in [0.717, 1.165) is 25.1 Å². The van der Waals surface area contributed by atoms with Gasteiger partial charge in [-0.15, -0.1) is 0 Å². The zero-order valence-corrected chi connectivity index (χ0v) is 12.4. The molecule has 0 amide bonds. The van der Waals surface area contributed by atoms with E-state index in [1.54, 1.807) is 0 Å². The molecule has 0 spiro atoms. The smallest absolute Gasteiger partial charge is 0.215 e. The van der Waals surface area contributed by atoms with Crippen molar-refractivity contribution in [3.05, 3.63) is 30.3 Å². The summed E-state index contributed by atoms with van der Waals surface area (Å²) in [6, 6.07) is 9.52. The number of rotatable bonds is 7. The number of benzene rings is 1. The second-order valence-corrected chi connectivity index (χ2v) is 6.97.